The molecular weight excluding hydrogens is 438 g/mol. The van der Waals surface area contributed by atoms with Gasteiger partial charge in [0.05, 0.1) is 6.33 Å². The van der Waals surface area contributed by atoms with Gasteiger partial charge in [0.15, 0.2) is 29.6 Å². The van der Waals surface area contributed by atoms with Crippen molar-refractivity contribution >= 4 is 35.0 Å². The quantitative estimate of drug-likeness (QED) is 0.301. The number of H-pyrrole nitrogens is 1. The molecule has 2 aromatic heterocycles. The highest BCUT2D eigenvalue weighted by Gasteiger charge is 2.51. The number of nitrogens with two attached hydrogens (primary N) is 1. The highest BCUT2D eigenvalue weighted by Crippen LogP contribution is 2.35. The van der Waals surface area contributed by atoms with Crippen LogP contribution in [0.4, 0.5) is 5.95 Å². The molecule has 1 unspecified atom stereocenters. The number of ether oxygens (including phenoxy) is 4. The van der Waals surface area contributed by atoms with Gasteiger partial charge < -0.3 is 24.7 Å². The number of unbranched alkanes of at least 4 members (excludes halogenated alkanes) is 2. The summed E-state index contributed by atoms with van der Waals surface area (Å²) in [6.45, 7) is 4.17. The summed E-state index contributed by atoms with van der Waals surface area (Å²) in [4.78, 5) is 58.3. The summed E-state index contributed by atoms with van der Waals surface area (Å²) in [5.74, 6) is -1.87. The van der Waals surface area contributed by atoms with Gasteiger partial charge in [-0.3, -0.25) is 28.7 Å². The van der Waals surface area contributed by atoms with E-state index < -0.39 is 48.0 Å². The predicted molar refractivity (Wildman–Crippen MR) is 113 cm³/mol. The van der Waals surface area contributed by atoms with Crippen LogP contribution in [-0.2, 0) is 33.3 Å². The van der Waals surface area contributed by atoms with Crippen molar-refractivity contribution in [3.05, 3.63) is 16.7 Å². The Labute approximate surface area is 188 Å². The molecule has 180 valence electrons. The van der Waals surface area contributed by atoms with Crippen LogP contribution in [0.3, 0.4) is 0 Å². The number of hydrogen-bond donors (Lipinski definition) is 2. The fourth-order valence-corrected chi connectivity index (χ4v) is 3.61. The van der Waals surface area contributed by atoms with Crippen LogP contribution >= 0.6 is 0 Å². The van der Waals surface area contributed by atoms with Crippen LogP contribution in [-0.4, -0.2) is 62.3 Å². The molecule has 2 aromatic rings. The molecule has 13 heteroatoms. The molecule has 13 nitrogen and oxygen atoms in total. The summed E-state index contributed by atoms with van der Waals surface area (Å²) in [5.41, 5.74) is 5.17. The Morgan fingerprint density at radius 2 is 1.88 bits per heavy atom. The maximum absolute atomic E-state index is 12.1. The zero-order valence-electron chi connectivity index (χ0n) is 18.6. The fraction of sp³-hybridized carbons (Fsp3) is 0.600. The van der Waals surface area contributed by atoms with Gasteiger partial charge in [-0.05, 0) is 6.42 Å². The highest BCUT2D eigenvalue weighted by molar-refractivity contribution is 5.71. The van der Waals surface area contributed by atoms with Crippen LogP contribution < -0.4 is 11.3 Å². The second-order valence-electron chi connectivity index (χ2n) is 7.63. The molecule has 0 aliphatic carbocycles. The Balaban J connectivity index is 1.91. The minimum Gasteiger partial charge on any atom is -0.463 e. The number of fused-ring (bicyclic) bond motifs is 1. The Kier molecular flexibility index (Phi) is 7.63. The van der Waals surface area contributed by atoms with Gasteiger partial charge in [0.2, 0.25) is 5.95 Å². The number of imidazole rings is 1. The zero-order chi connectivity index (χ0) is 24.1. The summed E-state index contributed by atoms with van der Waals surface area (Å²) in [6, 6.07) is 0. The summed E-state index contributed by atoms with van der Waals surface area (Å²) in [7, 11) is 0. The van der Waals surface area contributed by atoms with Crippen molar-refractivity contribution in [2.75, 3.05) is 12.3 Å². The lowest BCUT2D eigenvalue weighted by molar-refractivity contribution is -0.166. The predicted octanol–water partition coefficient (Wildman–Crippen LogP) is 0.586. The van der Waals surface area contributed by atoms with E-state index in [1.54, 1.807) is 0 Å². The molecule has 3 rings (SSSR count). The maximum atomic E-state index is 12.1. The minimum absolute atomic E-state index is 0.00999. The third-order valence-corrected chi connectivity index (χ3v) is 5.01. The van der Waals surface area contributed by atoms with Gasteiger partial charge in [0, 0.05) is 20.3 Å². The van der Waals surface area contributed by atoms with Crippen LogP contribution in [0.25, 0.3) is 11.2 Å². The van der Waals surface area contributed by atoms with Crippen LogP contribution in [0.15, 0.2) is 11.1 Å². The smallest absolute Gasteiger partial charge is 0.305 e. The second-order valence-corrected chi connectivity index (χ2v) is 7.63. The van der Waals surface area contributed by atoms with Crippen molar-refractivity contribution in [2.24, 2.45) is 0 Å². The van der Waals surface area contributed by atoms with Gasteiger partial charge in [-0.15, -0.1) is 0 Å². The number of esters is 3. The molecule has 0 bridgehead atoms. The number of aromatic amines is 1. The van der Waals surface area contributed by atoms with E-state index in [1.165, 1.54) is 24.7 Å². The van der Waals surface area contributed by atoms with Crippen molar-refractivity contribution in [3.8, 4) is 0 Å². The van der Waals surface area contributed by atoms with Crippen LogP contribution in [0.1, 0.15) is 52.7 Å². The SMILES string of the molecule is CCCCCC(=O)OC[C@H]1O[C@@H](n2cnc3c(=O)[nH]c(N)nc32)C(OC(C)=O)[C@H]1OC(C)=O. The van der Waals surface area contributed by atoms with Crippen LogP contribution in [0.2, 0.25) is 0 Å². The first-order chi connectivity index (χ1) is 15.7. The molecule has 1 fully saturated rings. The van der Waals surface area contributed by atoms with Crippen LogP contribution in [0.5, 0.6) is 0 Å². The van der Waals surface area contributed by atoms with E-state index in [9.17, 15) is 19.2 Å². The molecule has 4 atom stereocenters. The zero-order valence-corrected chi connectivity index (χ0v) is 18.6. The molecule has 0 saturated carbocycles. The Bertz CT molecular complexity index is 1080. The van der Waals surface area contributed by atoms with Crippen molar-refractivity contribution in [1.82, 2.24) is 19.5 Å². The third kappa shape index (κ3) is 5.66. The summed E-state index contributed by atoms with van der Waals surface area (Å²) >= 11 is 0. The first-order valence-corrected chi connectivity index (χ1v) is 10.6. The van der Waals surface area contributed by atoms with E-state index >= 15 is 0 Å². The van der Waals surface area contributed by atoms with Gasteiger partial charge in [0.25, 0.3) is 5.56 Å². The number of nitrogen functional groups attached to an aromatic ring is 1. The fourth-order valence-electron chi connectivity index (χ4n) is 3.61. The van der Waals surface area contributed by atoms with Gasteiger partial charge >= 0.3 is 17.9 Å². The number of nitrogens with one attached hydrogen (secondary N) is 1. The van der Waals surface area contributed by atoms with E-state index in [0.717, 1.165) is 12.8 Å². The number of carbonyl (C=O) groups is 3. The monoisotopic (exact) mass is 465 g/mol. The Morgan fingerprint density at radius 3 is 2.55 bits per heavy atom. The lowest BCUT2D eigenvalue weighted by Gasteiger charge is -2.23. The highest BCUT2D eigenvalue weighted by atomic mass is 16.7. The van der Waals surface area contributed by atoms with Gasteiger partial charge in [-0.2, -0.15) is 4.98 Å². The standard InChI is InChI=1S/C20H27N5O8/c1-4-5-6-7-13(28)30-8-12-15(31-10(2)26)16(32-11(3)27)19(33-12)25-9-22-14-17(25)23-20(21)24-18(14)29/h9,12,15-16,19H,4-8H2,1-3H3,(H3,21,23,24,29)/t12-,15+,16?,19-/m1/s1. The summed E-state index contributed by atoms with van der Waals surface area (Å²) < 4.78 is 23.5. The molecule has 0 aromatic carbocycles. The van der Waals surface area contributed by atoms with Gasteiger partial charge in [-0.25, -0.2) is 4.98 Å². The van der Waals surface area contributed by atoms with Crippen molar-refractivity contribution in [1.29, 1.82) is 0 Å². The number of rotatable bonds is 9. The van der Waals surface area contributed by atoms with E-state index in [2.05, 4.69) is 15.0 Å². The number of hydrogen-bond acceptors (Lipinski definition) is 11. The first kappa shape index (κ1) is 24.2. The molecule has 1 saturated heterocycles. The summed E-state index contributed by atoms with van der Waals surface area (Å²) in [5, 5.41) is 0. The summed E-state index contributed by atoms with van der Waals surface area (Å²) in [6.07, 6.45) is -0.187. The number of aromatic nitrogens is 4. The number of anilines is 1. The topological polar surface area (TPSA) is 178 Å². The average Bonchev–Trinajstić information content (AvgIpc) is 3.28. The molecule has 3 N–H and O–H groups in total. The van der Waals surface area contributed by atoms with Gasteiger partial charge in [-0.1, -0.05) is 19.8 Å². The van der Waals surface area contributed by atoms with Crippen molar-refractivity contribution < 1.29 is 33.3 Å². The number of nitrogens with zero attached hydrogens (tertiary/aromatic N) is 3. The second kappa shape index (κ2) is 10.4. The van der Waals surface area contributed by atoms with E-state index in [-0.39, 0.29) is 30.1 Å². The minimum atomic E-state index is -1.13. The van der Waals surface area contributed by atoms with E-state index in [0.29, 0.717) is 6.42 Å². The lowest BCUT2D eigenvalue weighted by atomic mass is 10.1. The average molecular weight is 465 g/mol. The molecule has 0 spiro atoms. The lowest BCUT2D eigenvalue weighted by Crippen LogP contribution is -2.40. The van der Waals surface area contributed by atoms with E-state index in [4.69, 9.17) is 24.7 Å². The Morgan fingerprint density at radius 1 is 1.18 bits per heavy atom. The van der Waals surface area contributed by atoms with Crippen LogP contribution in [0, 0.1) is 0 Å². The maximum Gasteiger partial charge on any atom is 0.305 e. The first-order valence-electron chi connectivity index (χ1n) is 10.6. The molecular formula is C20H27N5O8. The molecule has 1 aliphatic rings. The van der Waals surface area contributed by atoms with Crippen molar-refractivity contribution in [2.45, 2.75) is 71.0 Å². The number of carbonyl (C=O) groups excluding carboxylic acids is 3. The normalized spacial score (nSPS) is 22.3. The largest absolute Gasteiger partial charge is 0.463 e. The van der Waals surface area contributed by atoms with E-state index in [1.807, 2.05) is 6.92 Å². The molecule has 0 radical (unpaired) electrons. The molecule has 33 heavy (non-hydrogen) atoms. The van der Waals surface area contributed by atoms with Gasteiger partial charge in [0.1, 0.15) is 12.7 Å². The molecule has 1 aliphatic heterocycles. The third-order valence-electron chi connectivity index (χ3n) is 5.01. The Hall–Kier alpha value is -3.48. The molecule has 3 heterocycles. The molecule has 0 amide bonds. The van der Waals surface area contributed by atoms with Crippen molar-refractivity contribution in [3.63, 3.8) is 0 Å².